The number of hydrogen-bond acceptors (Lipinski definition) is 8. The second-order valence-corrected chi connectivity index (χ2v) is 9.11. The quantitative estimate of drug-likeness (QED) is 0.353. The molecule has 168 valence electrons. The number of nitrogens with one attached hydrogen (secondary N) is 1. The van der Waals surface area contributed by atoms with Crippen LogP contribution >= 0.6 is 23.1 Å². The minimum Gasteiger partial charge on any atom is -0.496 e. The third-order valence-electron chi connectivity index (χ3n) is 4.87. The summed E-state index contributed by atoms with van der Waals surface area (Å²) in [6, 6.07) is 9.16. The zero-order valence-electron chi connectivity index (χ0n) is 18.1. The van der Waals surface area contributed by atoms with Crippen molar-refractivity contribution in [2.75, 3.05) is 43.6 Å². The number of esters is 1. The number of carbonyl (C=O) groups is 2. The molecule has 1 aliphatic rings. The summed E-state index contributed by atoms with van der Waals surface area (Å²) >= 11 is 3.15. The van der Waals surface area contributed by atoms with Crippen LogP contribution in [-0.4, -0.2) is 55.1 Å². The number of rotatable bonds is 8. The Labute approximate surface area is 196 Å². The van der Waals surface area contributed by atoms with Gasteiger partial charge in [0.25, 0.3) is 5.91 Å². The number of anilines is 1. The highest BCUT2D eigenvalue weighted by Gasteiger charge is 2.19. The van der Waals surface area contributed by atoms with Gasteiger partial charge in [0.2, 0.25) is 0 Å². The number of thioether (sulfide) groups is 1. The molecule has 0 atom stereocenters. The standard InChI is InChI=1S/C23H25N3O4S2/c1-3-30-23(28)19-6-9-32-22(19)25-21(27)17(14-24)12-16-4-5-20(29-2)18(13-16)15-26-7-10-31-11-8-26/h4-6,9,12-13H,3,7-8,10-11,15H2,1-2H3,(H,25,27)/b17-12+. The van der Waals surface area contributed by atoms with E-state index in [0.29, 0.717) is 5.00 Å². The van der Waals surface area contributed by atoms with Crippen LogP contribution in [-0.2, 0) is 16.1 Å². The third-order valence-corrected chi connectivity index (χ3v) is 6.64. The molecule has 0 aliphatic carbocycles. The van der Waals surface area contributed by atoms with E-state index < -0.39 is 11.9 Å². The van der Waals surface area contributed by atoms with Gasteiger partial charge in [-0.15, -0.1) is 11.3 Å². The predicted octanol–water partition coefficient (Wildman–Crippen LogP) is 4.03. The SMILES string of the molecule is CCOC(=O)c1ccsc1NC(=O)/C(C#N)=C/c1ccc(OC)c(CN2CCSCC2)c1. The van der Waals surface area contributed by atoms with Crippen molar-refractivity contribution < 1.29 is 19.1 Å². The first-order valence-corrected chi connectivity index (χ1v) is 12.2. The monoisotopic (exact) mass is 471 g/mol. The van der Waals surface area contributed by atoms with Gasteiger partial charge in [-0.05, 0) is 42.1 Å². The van der Waals surface area contributed by atoms with Crippen molar-refractivity contribution in [2.45, 2.75) is 13.5 Å². The van der Waals surface area contributed by atoms with Crippen LogP contribution < -0.4 is 10.1 Å². The van der Waals surface area contributed by atoms with Crippen LogP contribution in [0.4, 0.5) is 5.00 Å². The molecular weight excluding hydrogens is 446 g/mol. The molecule has 1 saturated heterocycles. The Balaban J connectivity index is 1.79. The first-order valence-electron chi connectivity index (χ1n) is 10.2. The normalized spacial score (nSPS) is 14.5. The third kappa shape index (κ3) is 6.13. The zero-order chi connectivity index (χ0) is 22.9. The average molecular weight is 472 g/mol. The van der Waals surface area contributed by atoms with Crippen LogP contribution in [0.3, 0.4) is 0 Å². The Bertz CT molecular complexity index is 1040. The number of benzene rings is 1. The van der Waals surface area contributed by atoms with E-state index in [1.807, 2.05) is 36.0 Å². The number of ether oxygens (including phenoxy) is 2. The molecule has 2 aromatic rings. The topological polar surface area (TPSA) is 91.7 Å². The fourth-order valence-corrected chi connectivity index (χ4v) is 5.02. The number of nitriles is 1. The van der Waals surface area contributed by atoms with Gasteiger partial charge >= 0.3 is 5.97 Å². The highest BCUT2D eigenvalue weighted by Crippen LogP contribution is 2.26. The summed E-state index contributed by atoms with van der Waals surface area (Å²) in [4.78, 5) is 27.1. The molecule has 0 radical (unpaired) electrons. The molecule has 1 aromatic heterocycles. The lowest BCUT2D eigenvalue weighted by atomic mass is 10.1. The van der Waals surface area contributed by atoms with Crippen molar-refractivity contribution in [3.05, 3.63) is 51.9 Å². The highest BCUT2D eigenvalue weighted by molar-refractivity contribution is 7.99. The smallest absolute Gasteiger partial charge is 0.341 e. The molecular formula is C23H25N3O4S2. The van der Waals surface area contributed by atoms with Crippen LogP contribution in [0, 0.1) is 11.3 Å². The summed E-state index contributed by atoms with van der Waals surface area (Å²) in [5.41, 5.74) is 1.96. The van der Waals surface area contributed by atoms with E-state index in [2.05, 4.69) is 10.2 Å². The summed E-state index contributed by atoms with van der Waals surface area (Å²) in [6.45, 7) is 4.73. The summed E-state index contributed by atoms with van der Waals surface area (Å²) in [6.07, 6.45) is 1.54. The Kier molecular flexibility index (Phi) is 8.73. The van der Waals surface area contributed by atoms with Gasteiger partial charge in [0.15, 0.2) is 0 Å². The fourth-order valence-electron chi connectivity index (χ4n) is 3.27. The Hall–Kier alpha value is -2.80. The van der Waals surface area contributed by atoms with Crippen molar-refractivity contribution in [1.82, 2.24) is 4.90 Å². The van der Waals surface area contributed by atoms with Crippen molar-refractivity contribution in [1.29, 1.82) is 5.26 Å². The molecule has 1 aromatic carbocycles. The molecule has 1 fully saturated rings. The molecule has 3 rings (SSSR count). The largest absolute Gasteiger partial charge is 0.496 e. The summed E-state index contributed by atoms with van der Waals surface area (Å²) in [5, 5.41) is 14.3. The van der Waals surface area contributed by atoms with Crippen LogP contribution in [0.2, 0.25) is 0 Å². The van der Waals surface area contributed by atoms with Gasteiger partial charge in [0.1, 0.15) is 22.4 Å². The maximum atomic E-state index is 12.7. The maximum absolute atomic E-state index is 12.7. The van der Waals surface area contributed by atoms with E-state index in [0.717, 1.165) is 48.0 Å². The van der Waals surface area contributed by atoms with Crippen LogP contribution in [0.1, 0.15) is 28.4 Å². The Morgan fingerprint density at radius 3 is 2.75 bits per heavy atom. The second-order valence-electron chi connectivity index (χ2n) is 6.97. The van der Waals surface area contributed by atoms with Gasteiger partial charge in [-0.25, -0.2) is 4.79 Å². The molecule has 0 bridgehead atoms. The van der Waals surface area contributed by atoms with Crippen molar-refractivity contribution >= 4 is 46.1 Å². The minimum absolute atomic E-state index is 0.0568. The minimum atomic E-state index is -0.578. The first kappa shape index (κ1) is 23.9. The molecule has 1 amide bonds. The van der Waals surface area contributed by atoms with Gasteiger partial charge in [-0.2, -0.15) is 17.0 Å². The van der Waals surface area contributed by atoms with Gasteiger partial charge in [-0.3, -0.25) is 9.69 Å². The molecule has 0 spiro atoms. The Morgan fingerprint density at radius 1 is 1.28 bits per heavy atom. The highest BCUT2D eigenvalue weighted by atomic mass is 32.2. The van der Waals surface area contributed by atoms with Gasteiger partial charge < -0.3 is 14.8 Å². The molecule has 7 nitrogen and oxygen atoms in total. The molecule has 2 heterocycles. The van der Waals surface area contributed by atoms with E-state index in [1.54, 1.807) is 31.6 Å². The number of nitrogens with zero attached hydrogens (tertiary/aromatic N) is 2. The van der Waals surface area contributed by atoms with Crippen molar-refractivity contribution in [3.63, 3.8) is 0 Å². The maximum Gasteiger partial charge on any atom is 0.341 e. The lowest BCUT2D eigenvalue weighted by Crippen LogP contribution is -2.32. The van der Waals surface area contributed by atoms with E-state index in [-0.39, 0.29) is 17.7 Å². The van der Waals surface area contributed by atoms with Crippen LogP contribution in [0.15, 0.2) is 35.2 Å². The van der Waals surface area contributed by atoms with E-state index in [4.69, 9.17) is 9.47 Å². The van der Waals surface area contributed by atoms with Crippen LogP contribution in [0.5, 0.6) is 5.75 Å². The lowest BCUT2D eigenvalue weighted by molar-refractivity contribution is -0.112. The Morgan fingerprint density at radius 2 is 2.06 bits per heavy atom. The van der Waals surface area contributed by atoms with Crippen molar-refractivity contribution in [2.24, 2.45) is 0 Å². The number of amides is 1. The number of methoxy groups -OCH3 is 1. The number of thiophene rings is 1. The van der Waals surface area contributed by atoms with Crippen LogP contribution in [0.25, 0.3) is 6.08 Å². The number of hydrogen-bond donors (Lipinski definition) is 1. The van der Waals surface area contributed by atoms with E-state index >= 15 is 0 Å². The summed E-state index contributed by atoms with van der Waals surface area (Å²) < 4.78 is 10.5. The summed E-state index contributed by atoms with van der Waals surface area (Å²) in [5.74, 6) is 1.91. The van der Waals surface area contributed by atoms with E-state index in [9.17, 15) is 14.9 Å². The van der Waals surface area contributed by atoms with Gasteiger partial charge in [0, 0.05) is 36.7 Å². The van der Waals surface area contributed by atoms with Crippen molar-refractivity contribution in [3.8, 4) is 11.8 Å². The van der Waals surface area contributed by atoms with Gasteiger partial charge in [0.05, 0.1) is 19.3 Å². The summed E-state index contributed by atoms with van der Waals surface area (Å²) in [7, 11) is 1.64. The molecule has 0 saturated carbocycles. The first-order chi connectivity index (χ1) is 15.5. The van der Waals surface area contributed by atoms with E-state index in [1.165, 1.54) is 11.3 Å². The van der Waals surface area contributed by atoms with Gasteiger partial charge in [-0.1, -0.05) is 6.07 Å². The number of carbonyl (C=O) groups excluding carboxylic acids is 2. The molecule has 0 unspecified atom stereocenters. The lowest BCUT2D eigenvalue weighted by Gasteiger charge is -2.26. The second kappa shape index (κ2) is 11.7. The average Bonchev–Trinajstić information content (AvgIpc) is 3.26. The molecule has 9 heteroatoms. The zero-order valence-corrected chi connectivity index (χ0v) is 19.7. The molecule has 32 heavy (non-hydrogen) atoms. The molecule has 1 N–H and O–H groups in total. The molecule has 1 aliphatic heterocycles. The fraction of sp³-hybridized carbons (Fsp3) is 0.348. The predicted molar refractivity (Wildman–Crippen MR) is 128 cm³/mol.